The molecule has 0 amide bonds. The molecule has 96 valence electrons. The maximum absolute atomic E-state index is 11.1. The summed E-state index contributed by atoms with van der Waals surface area (Å²) in [4.78, 5) is 16.6. The summed E-state index contributed by atoms with van der Waals surface area (Å²) < 4.78 is 0. The van der Waals surface area contributed by atoms with Crippen molar-refractivity contribution in [2.75, 3.05) is 0 Å². The van der Waals surface area contributed by atoms with E-state index in [-0.39, 0.29) is 5.92 Å². The molecule has 5 heteroatoms. The Morgan fingerprint density at radius 2 is 2.18 bits per heavy atom. The summed E-state index contributed by atoms with van der Waals surface area (Å²) in [5, 5.41) is 13.3. The van der Waals surface area contributed by atoms with E-state index in [1.165, 1.54) is 0 Å². The lowest BCUT2D eigenvalue weighted by atomic mass is 9.99. The largest absolute Gasteiger partial charge is 0.480 e. The van der Waals surface area contributed by atoms with E-state index in [4.69, 9.17) is 5.11 Å². The number of nitrogens with zero attached hydrogens (tertiary/aromatic N) is 1. The van der Waals surface area contributed by atoms with Crippen molar-refractivity contribution in [2.45, 2.75) is 46.7 Å². The Labute approximate surface area is 106 Å². The second kappa shape index (κ2) is 6.12. The molecule has 17 heavy (non-hydrogen) atoms. The van der Waals surface area contributed by atoms with Crippen molar-refractivity contribution in [3.63, 3.8) is 0 Å². The van der Waals surface area contributed by atoms with Crippen LogP contribution in [0, 0.1) is 19.8 Å². The van der Waals surface area contributed by atoms with Crippen LogP contribution in [-0.2, 0) is 11.3 Å². The molecule has 0 aliphatic carbocycles. The maximum Gasteiger partial charge on any atom is 0.320 e. The van der Waals surface area contributed by atoms with E-state index < -0.39 is 12.0 Å². The van der Waals surface area contributed by atoms with Crippen LogP contribution in [0.25, 0.3) is 0 Å². The van der Waals surface area contributed by atoms with Gasteiger partial charge in [-0.05, 0) is 19.8 Å². The Balaban J connectivity index is 2.64. The van der Waals surface area contributed by atoms with Crippen molar-refractivity contribution < 1.29 is 9.90 Å². The highest BCUT2D eigenvalue weighted by Gasteiger charge is 2.23. The lowest BCUT2D eigenvalue weighted by Gasteiger charge is -2.19. The highest BCUT2D eigenvalue weighted by atomic mass is 32.1. The monoisotopic (exact) mass is 256 g/mol. The van der Waals surface area contributed by atoms with Crippen LogP contribution in [0.3, 0.4) is 0 Å². The Kier molecular flexibility index (Phi) is 5.08. The van der Waals surface area contributed by atoms with Crippen molar-refractivity contribution in [3.8, 4) is 0 Å². The van der Waals surface area contributed by atoms with Gasteiger partial charge in [0.05, 0.1) is 10.7 Å². The third-order valence-corrected chi connectivity index (χ3v) is 4.03. The van der Waals surface area contributed by atoms with Gasteiger partial charge in [0.15, 0.2) is 0 Å². The van der Waals surface area contributed by atoms with Crippen molar-refractivity contribution in [2.24, 2.45) is 5.92 Å². The molecule has 0 saturated heterocycles. The van der Waals surface area contributed by atoms with Gasteiger partial charge in [0.2, 0.25) is 0 Å². The van der Waals surface area contributed by atoms with E-state index in [0.717, 1.165) is 22.0 Å². The summed E-state index contributed by atoms with van der Waals surface area (Å²) in [5.41, 5.74) is 0.994. The van der Waals surface area contributed by atoms with Gasteiger partial charge < -0.3 is 5.11 Å². The molecule has 0 bridgehead atoms. The van der Waals surface area contributed by atoms with Gasteiger partial charge in [-0.15, -0.1) is 11.3 Å². The number of thiazole rings is 1. The molecule has 0 unspecified atom stereocenters. The summed E-state index contributed by atoms with van der Waals surface area (Å²) in [6, 6.07) is -0.484. The van der Waals surface area contributed by atoms with E-state index in [9.17, 15) is 4.79 Å². The predicted molar refractivity (Wildman–Crippen MR) is 69.3 cm³/mol. The van der Waals surface area contributed by atoms with Gasteiger partial charge in [-0.1, -0.05) is 20.3 Å². The summed E-state index contributed by atoms with van der Waals surface area (Å²) in [6.45, 7) is 8.46. The molecule has 4 nitrogen and oxygen atoms in total. The molecule has 1 heterocycles. The number of aryl methyl sites for hydroxylation is 2. The van der Waals surface area contributed by atoms with Crippen LogP contribution in [0.1, 0.15) is 35.8 Å². The summed E-state index contributed by atoms with van der Waals surface area (Å²) in [6.07, 6.45) is 0.852. The highest BCUT2D eigenvalue weighted by Crippen LogP contribution is 2.17. The summed E-state index contributed by atoms with van der Waals surface area (Å²) >= 11 is 1.62. The number of nitrogens with one attached hydrogen (secondary N) is 1. The Hall–Kier alpha value is -0.940. The number of carboxylic acid groups (broad SMARTS) is 1. The number of aliphatic carboxylic acids is 1. The SMILES string of the molecule is CC[C@H](C)[C@H](NCc1sc(C)nc1C)C(=O)O. The van der Waals surface area contributed by atoms with Crippen molar-refractivity contribution >= 4 is 17.3 Å². The number of hydrogen-bond donors (Lipinski definition) is 2. The van der Waals surface area contributed by atoms with Gasteiger partial charge in [0, 0.05) is 11.4 Å². The summed E-state index contributed by atoms with van der Waals surface area (Å²) in [7, 11) is 0. The molecule has 1 aromatic heterocycles. The molecule has 2 N–H and O–H groups in total. The number of rotatable bonds is 6. The first-order valence-electron chi connectivity index (χ1n) is 5.84. The molecule has 0 saturated carbocycles. The van der Waals surface area contributed by atoms with Crippen molar-refractivity contribution in [1.82, 2.24) is 10.3 Å². The number of aromatic nitrogens is 1. The van der Waals surface area contributed by atoms with Crippen LogP contribution in [-0.4, -0.2) is 22.1 Å². The fourth-order valence-electron chi connectivity index (χ4n) is 1.71. The number of carbonyl (C=O) groups is 1. The van der Waals surface area contributed by atoms with Crippen LogP contribution < -0.4 is 5.32 Å². The maximum atomic E-state index is 11.1. The lowest BCUT2D eigenvalue weighted by Crippen LogP contribution is -2.41. The number of hydrogen-bond acceptors (Lipinski definition) is 4. The minimum absolute atomic E-state index is 0.127. The standard InChI is InChI=1S/C12H20N2O2S/c1-5-7(2)11(12(15)16)13-6-10-8(3)14-9(4)17-10/h7,11,13H,5-6H2,1-4H3,(H,15,16)/t7-,11-/m0/s1. The first-order chi connectivity index (χ1) is 7.95. The zero-order valence-electron chi connectivity index (χ0n) is 10.8. The zero-order chi connectivity index (χ0) is 13.0. The second-order valence-corrected chi connectivity index (χ2v) is 5.61. The van der Waals surface area contributed by atoms with E-state index >= 15 is 0 Å². The average molecular weight is 256 g/mol. The van der Waals surface area contributed by atoms with Gasteiger partial charge in [-0.25, -0.2) is 4.98 Å². The van der Waals surface area contributed by atoms with Gasteiger partial charge in [-0.2, -0.15) is 0 Å². The van der Waals surface area contributed by atoms with Crippen molar-refractivity contribution in [1.29, 1.82) is 0 Å². The average Bonchev–Trinajstić information content (AvgIpc) is 2.57. The third-order valence-electron chi connectivity index (χ3n) is 2.96. The molecule has 0 radical (unpaired) electrons. The first-order valence-corrected chi connectivity index (χ1v) is 6.66. The van der Waals surface area contributed by atoms with Gasteiger partial charge in [0.1, 0.15) is 6.04 Å². The van der Waals surface area contributed by atoms with Gasteiger partial charge >= 0.3 is 5.97 Å². The van der Waals surface area contributed by atoms with Crippen LogP contribution in [0.15, 0.2) is 0 Å². The minimum atomic E-state index is -0.779. The lowest BCUT2D eigenvalue weighted by molar-refractivity contribution is -0.140. The van der Waals surface area contributed by atoms with E-state index in [1.54, 1.807) is 11.3 Å². The second-order valence-electron chi connectivity index (χ2n) is 4.32. The fraction of sp³-hybridized carbons (Fsp3) is 0.667. The molecule has 2 atom stereocenters. The molecule has 0 aliphatic rings. The van der Waals surface area contributed by atoms with Gasteiger partial charge in [0.25, 0.3) is 0 Å². The van der Waals surface area contributed by atoms with Crippen LogP contribution >= 0.6 is 11.3 Å². The molecule has 0 aliphatic heterocycles. The van der Waals surface area contributed by atoms with Crippen LogP contribution in [0.2, 0.25) is 0 Å². The molecule has 0 fully saturated rings. The Bertz CT molecular complexity index is 390. The number of carboxylic acids is 1. The molecular formula is C12H20N2O2S. The fourth-order valence-corrected chi connectivity index (χ4v) is 2.60. The van der Waals surface area contributed by atoms with E-state index in [2.05, 4.69) is 10.3 Å². The van der Waals surface area contributed by atoms with E-state index in [1.807, 2.05) is 27.7 Å². The predicted octanol–water partition coefficient (Wildman–Crippen LogP) is 2.35. The van der Waals surface area contributed by atoms with Crippen molar-refractivity contribution in [3.05, 3.63) is 15.6 Å². The Morgan fingerprint density at radius 1 is 1.53 bits per heavy atom. The first kappa shape index (κ1) is 14.1. The molecular weight excluding hydrogens is 236 g/mol. The Morgan fingerprint density at radius 3 is 2.59 bits per heavy atom. The topological polar surface area (TPSA) is 62.2 Å². The molecule has 0 aromatic carbocycles. The smallest absolute Gasteiger partial charge is 0.320 e. The normalized spacial score (nSPS) is 14.6. The van der Waals surface area contributed by atoms with Crippen LogP contribution in [0.5, 0.6) is 0 Å². The summed E-state index contributed by atoms with van der Waals surface area (Å²) in [5.74, 6) is -0.653. The quantitative estimate of drug-likeness (QED) is 0.820. The molecule has 1 aromatic rings. The zero-order valence-corrected chi connectivity index (χ0v) is 11.6. The molecule has 1 rings (SSSR count). The van der Waals surface area contributed by atoms with Gasteiger partial charge in [-0.3, -0.25) is 10.1 Å². The molecule has 0 spiro atoms. The third kappa shape index (κ3) is 3.78. The highest BCUT2D eigenvalue weighted by molar-refractivity contribution is 7.11. The minimum Gasteiger partial charge on any atom is -0.480 e. The van der Waals surface area contributed by atoms with Crippen LogP contribution in [0.4, 0.5) is 0 Å². The van der Waals surface area contributed by atoms with E-state index in [0.29, 0.717) is 6.54 Å².